The highest BCUT2D eigenvalue weighted by molar-refractivity contribution is 6.30. The number of hydrogen-bond acceptors (Lipinski definition) is 3. The lowest BCUT2D eigenvalue weighted by Crippen LogP contribution is -2.54. The van der Waals surface area contributed by atoms with Gasteiger partial charge in [0.2, 0.25) is 5.91 Å². The first kappa shape index (κ1) is 16.2. The summed E-state index contributed by atoms with van der Waals surface area (Å²) in [7, 11) is 0. The lowest BCUT2D eigenvalue weighted by Gasteiger charge is -2.27. The number of benzene rings is 2. The fraction of sp³-hybridized carbons (Fsp3) is 0.250. The van der Waals surface area contributed by atoms with Crippen LogP contribution >= 0.6 is 11.6 Å². The first-order valence-electron chi connectivity index (χ1n) is 8.45. The Kier molecular flexibility index (Phi) is 4.02. The van der Waals surface area contributed by atoms with Crippen molar-refractivity contribution in [3.8, 4) is 11.1 Å². The Labute approximate surface area is 151 Å². The summed E-state index contributed by atoms with van der Waals surface area (Å²) >= 11 is 6.15. The van der Waals surface area contributed by atoms with Crippen LogP contribution in [0, 0.1) is 12.8 Å². The van der Waals surface area contributed by atoms with Gasteiger partial charge in [-0.15, -0.1) is 0 Å². The molecule has 0 saturated heterocycles. The maximum Gasteiger partial charge on any atom is 0.241 e. The van der Waals surface area contributed by atoms with Gasteiger partial charge in [0.25, 0.3) is 0 Å². The number of fused-ring (bicyclic) bond motifs is 1. The lowest BCUT2D eigenvalue weighted by molar-refractivity contribution is -0.134. The monoisotopic (exact) mass is 353 g/mol. The molecule has 1 aliphatic carbocycles. The fourth-order valence-corrected chi connectivity index (χ4v) is 3.33. The molecule has 2 aromatic carbocycles. The van der Waals surface area contributed by atoms with Gasteiger partial charge in [-0.05, 0) is 71.2 Å². The van der Waals surface area contributed by atoms with Gasteiger partial charge in [0.05, 0.1) is 0 Å². The van der Waals surface area contributed by atoms with E-state index in [9.17, 15) is 4.79 Å². The zero-order chi connectivity index (χ0) is 17.6. The minimum atomic E-state index is -0.306. The maximum atomic E-state index is 12.1. The normalized spacial score (nSPS) is 18.4. The molecular weight excluding hydrogens is 334 g/mol. The SMILES string of the molecule is Cc1ccc(Cl)cc1-c1ccc2c(c1)=CNC(N(N)C(=O)C1CC1)C=2. The van der Waals surface area contributed by atoms with Gasteiger partial charge in [-0.3, -0.25) is 9.80 Å². The van der Waals surface area contributed by atoms with Crippen LogP contribution in [0.15, 0.2) is 36.4 Å². The van der Waals surface area contributed by atoms with Crippen LogP contribution < -0.4 is 21.6 Å². The lowest BCUT2D eigenvalue weighted by atomic mass is 9.99. The molecule has 1 saturated carbocycles. The average molecular weight is 354 g/mol. The topological polar surface area (TPSA) is 58.4 Å². The number of aryl methyl sites for hydroxylation is 1. The van der Waals surface area contributed by atoms with E-state index in [1.54, 1.807) is 0 Å². The summed E-state index contributed by atoms with van der Waals surface area (Å²) < 4.78 is 0. The third-order valence-electron chi connectivity index (χ3n) is 4.83. The van der Waals surface area contributed by atoms with Gasteiger partial charge in [-0.25, -0.2) is 5.84 Å². The van der Waals surface area contributed by atoms with Crippen LogP contribution in [0.25, 0.3) is 23.4 Å². The van der Waals surface area contributed by atoms with Gasteiger partial charge in [-0.2, -0.15) is 0 Å². The molecule has 2 aliphatic rings. The second-order valence-corrected chi connectivity index (χ2v) is 7.18. The van der Waals surface area contributed by atoms with Crippen molar-refractivity contribution in [1.82, 2.24) is 10.3 Å². The highest BCUT2D eigenvalue weighted by atomic mass is 35.5. The van der Waals surface area contributed by atoms with E-state index < -0.39 is 0 Å². The van der Waals surface area contributed by atoms with Gasteiger partial charge < -0.3 is 5.32 Å². The van der Waals surface area contributed by atoms with Crippen molar-refractivity contribution in [1.29, 1.82) is 0 Å². The third kappa shape index (κ3) is 3.15. The second-order valence-electron chi connectivity index (χ2n) is 6.75. The summed E-state index contributed by atoms with van der Waals surface area (Å²) in [5.74, 6) is 6.12. The summed E-state index contributed by atoms with van der Waals surface area (Å²) in [6.07, 6.45) is 5.50. The summed E-state index contributed by atoms with van der Waals surface area (Å²) in [5.41, 5.74) is 3.41. The van der Waals surface area contributed by atoms with Gasteiger partial charge in [0.15, 0.2) is 0 Å². The quantitative estimate of drug-likeness (QED) is 0.503. The Hall–Kier alpha value is -2.30. The number of nitrogens with zero attached hydrogens (tertiary/aromatic N) is 1. The van der Waals surface area contributed by atoms with E-state index in [1.165, 1.54) is 10.6 Å². The van der Waals surface area contributed by atoms with Crippen LogP contribution in [-0.4, -0.2) is 17.1 Å². The summed E-state index contributed by atoms with van der Waals surface area (Å²) in [5, 5.41) is 7.39. The number of hydrazine groups is 1. The van der Waals surface area contributed by atoms with Crippen molar-refractivity contribution in [3.63, 3.8) is 0 Å². The minimum Gasteiger partial charge on any atom is -0.366 e. The predicted octanol–water partition coefficient (Wildman–Crippen LogP) is 1.88. The molecule has 1 unspecified atom stereocenters. The van der Waals surface area contributed by atoms with E-state index in [0.717, 1.165) is 39.4 Å². The van der Waals surface area contributed by atoms with Crippen LogP contribution in [0.4, 0.5) is 0 Å². The molecule has 1 amide bonds. The van der Waals surface area contributed by atoms with Gasteiger partial charge in [0.1, 0.15) is 6.17 Å². The van der Waals surface area contributed by atoms with E-state index in [-0.39, 0.29) is 18.0 Å². The number of halogens is 1. The van der Waals surface area contributed by atoms with Crippen LogP contribution in [0.3, 0.4) is 0 Å². The molecule has 3 N–H and O–H groups in total. The fourth-order valence-electron chi connectivity index (χ4n) is 3.16. The zero-order valence-electron chi connectivity index (χ0n) is 14.0. The van der Waals surface area contributed by atoms with Crippen molar-refractivity contribution in [2.75, 3.05) is 0 Å². The number of nitrogens with one attached hydrogen (secondary N) is 1. The Morgan fingerprint density at radius 1 is 1.20 bits per heavy atom. The van der Waals surface area contributed by atoms with Crippen molar-refractivity contribution >= 4 is 29.8 Å². The standard InChI is InChI=1S/C20H20ClN3O/c1-12-2-7-17(21)10-18(12)15-6-5-14-9-19(23-11-16(14)8-15)24(22)20(25)13-3-4-13/h2,5-11,13,19,23H,3-4,22H2,1H3. The van der Waals surface area contributed by atoms with Crippen LogP contribution in [0.5, 0.6) is 0 Å². The molecule has 1 aliphatic heterocycles. The molecule has 5 heteroatoms. The predicted molar refractivity (Wildman–Crippen MR) is 100 cm³/mol. The molecule has 0 bridgehead atoms. The average Bonchev–Trinajstić information content (AvgIpc) is 3.47. The molecule has 1 atom stereocenters. The second kappa shape index (κ2) is 6.21. The molecule has 4 rings (SSSR count). The number of amides is 1. The first-order valence-corrected chi connectivity index (χ1v) is 8.83. The summed E-state index contributed by atoms with van der Waals surface area (Å²) in [6, 6.07) is 12.2. The number of hydrogen-bond donors (Lipinski definition) is 2. The molecule has 25 heavy (non-hydrogen) atoms. The summed E-state index contributed by atoms with van der Waals surface area (Å²) in [4.78, 5) is 12.1. The number of rotatable bonds is 3. The molecule has 0 spiro atoms. The zero-order valence-corrected chi connectivity index (χ0v) is 14.8. The van der Waals surface area contributed by atoms with Crippen LogP contribution in [0.2, 0.25) is 5.02 Å². The van der Waals surface area contributed by atoms with Crippen molar-refractivity contribution in [3.05, 3.63) is 57.4 Å². The number of carbonyl (C=O) groups is 1. The molecule has 1 heterocycles. The van der Waals surface area contributed by atoms with Gasteiger partial charge in [-0.1, -0.05) is 29.8 Å². The Balaban J connectivity index is 1.67. The Morgan fingerprint density at radius 2 is 2.00 bits per heavy atom. The smallest absolute Gasteiger partial charge is 0.241 e. The van der Waals surface area contributed by atoms with E-state index in [2.05, 4.69) is 30.4 Å². The van der Waals surface area contributed by atoms with E-state index in [4.69, 9.17) is 17.4 Å². The van der Waals surface area contributed by atoms with Gasteiger partial charge >= 0.3 is 0 Å². The summed E-state index contributed by atoms with van der Waals surface area (Å²) in [6.45, 7) is 2.07. The third-order valence-corrected chi connectivity index (χ3v) is 5.06. The van der Waals surface area contributed by atoms with Crippen molar-refractivity contribution in [2.45, 2.75) is 25.9 Å². The largest absolute Gasteiger partial charge is 0.366 e. The molecule has 128 valence electrons. The maximum absolute atomic E-state index is 12.1. The first-order chi connectivity index (χ1) is 12.0. The molecule has 2 aromatic rings. The highest BCUT2D eigenvalue weighted by Crippen LogP contribution is 2.30. The van der Waals surface area contributed by atoms with Gasteiger partial charge in [0, 0.05) is 17.1 Å². The molecular formula is C20H20ClN3O. The molecule has 0 aromatic heterocycles. The Bertz CT molecular complexity index is 965. The minimum absolute atomic E-state index is 0.0109. The van der Waals surface area contributed by atoms with Crippen LogP contribution in [0.1, 0.15) is 18.4 Å². The van der Waals surface area contributed by atoms with E-state index in [1.807, 2.05) is 30.5 Å². The van der Waals surface area contributed by atoms with Crippen molar-refractivity contribution < 1.29 is 4.79 Å². The highest BCUT2D eigenvalue weighted by Gasteiger charge is 2.34. The van der Waals surface area contributed by atoms with Crippen molar-refractivity contribution in [2.24, 2.45) is 11.8 Å². The van der Waals surface area contributed by atoms with E-state index in [0.29, 0.717) is 0 Å². The number of carbonyl (C=O) groups excluding carboxylic acids is 1. The number of nitrogens with two attached hydrogens (primary N) is 1. The van der Waals surface area contributed by atoms with Crippen LogP contribution in [-0.2, 0) is 4.79 Å². The molecule has 0 radical (unpaired) electrons. The van der Waals surface area contributed by atoms with E-state index >= 15 is 0 Å². The Morgan fingerprint density at radius 3 is 2.76 bits per heavy atom. The molecule has 1 fully saturated rings. The molecule has 4 nitrogen and oxygen atoms in total.